The summed E-state index contributed by atoms with van der Waals surface area (Å²) >= 11 is 0. The summed E-state index contributed by atoms with van der Waals surface area (Å²) in [6.07, 6.45) is -4.21. The first-order valence-corrected chi connectivity index (χ1v) is 4.52. The van der Waals surface area contributed by atoms with Crippen molar-refractivity contribution in [2.75, 3.05) is 0 Å². The molecule has 0 fully saturated rings. The minimum Gasteiger partial charge on any atom is -0.422 e. The van der Waals surface area contributed by atoms with Gasteiger partial charge in [-0.05, 0) is 18.2 Å². The van der Waals surface area contributed by atoms with Crippen LogP contribution in [0.4, 0.5) is 13.2 Å². The quantitative estimate of drug-likeness (QED) is 0.570. The largest absolute Gasteiger partial charge is 0.422 e. The van der Waals surface area contributed by atoms with Crippen LogP contribution < -0.4 is 5.63 Å². The van der Waals surface area contributed by atoms with Crippen molar-refractivity contribution in [2.24, 2.45) is 0 Å². The predicted octanol–water partition coefficient (Wildman–Crippen LogP) is 2.62. The Bertz CT molecular complexity index is 640. The highest BCUT2D eigenvalue weighted by Gasteiger charge is 2.30. The lowest BCUT2D eigenvalue weighted by Crippen LogP contribution is -2.07. The van der Waals surface area contributed by atoms with Crippen LogP contribution >= 0.6 is 0 Å². The average molecular weight is 242 g/mol. The van der Waals surface area contributed by atoms with Crippen LogP contribution in [0, 0.1) is 0 Å². The maximum atomic E-state index is 12.4. The number of hydrogen-bond acceptors (Lipinski definition) is 3. The highest BCUT2D eigenvalue weighted by Crippen LogP contribution is 2.31. The Hall–Kier alpha value is -2.11. The van der Waals surface area contributed by atoms with Crippen LogP contribution in [-0.2, 0) is 6.18 Å². The first-order chi connectivity index (χ1) is 7.91. The molecule has 0 spiro atoms. The lowest BCUT2D eigenvalue weighted by Gasteiger charge is -2.06. The van der Waals surface area contributed by atoms with E-state index >= 15 is 0 Å². The van der Waals surface area contributed by atoms with Gasteiger partial charge < -0.3 is 4.42 Å². The van der Waals surface area contributed by atoms with Crippen LogP contribution in [0.3, 0.4) is 0 Å². The van der Waals surface area contributed by atoms with Gasteiger partial charge in [-0.3, -0.25) is 4.79 Å². The number of fused-ring (bicyclic) bond motifs is 1. The van der Waals surface area contributed by atoms with Crippen molar-refractivity contribution in [3.8, 4) is 0 Å². The Morgan fingerprint density at radius 1 is 1.18 bits per heavy atom. The fourth-order valence-electron chi connectivity index (χ4n) is 1.39. The molecule has 0 amide bonds. The average Bonchev–Trinajstić information content (AvgIpc) is 2.26. The molecule has 0 aliphatic rings. The van der Waals surface area contributed by atoms with Crippen molar-refractivity contribution in [3.05, 3.63) is 45.8 Å². The zero-order valence-electron chi connectivity index (χ0n) is 8.25. The highest BCUT2D eigenvalue weighted by molar-refractivity contribution is 5.84. The normalized spacial score (nSPS) is 11.7. The summed E-state index contributed by atoms with van der Waals surface area (Å²) in [7, 11) is 0. The molecular formula is C11H5F3O3. The number of hydrogen-bond donors (Lipinski definition) is 0. The molecule has 0 atom stereocenters. The van der Waals surface area contributed by atoms with E-state index in [1.807, 2.05) is 0 Å². The fraction of sp³-hybridized carbons (Fsp3) is 0.0909. The van der Waals surface area contributed by atoms with E-state index in [9.17, 15) is 22.8 Å². The molecule has 1 heterocycles. The standard InChI is InChI=1S/C11H5F3O3/c12-11(13,14)8-2-1-6-3-7(5-15)10(16)17-9(6)4-8/h1-5H. The van der Waals surface area contributed by atoms with Crippen molar-refractivity contribution < 1.29 is 22.4 Å². The minimum atomic E-state index is -4.50. The third-order valence-corrected chi connectivity index (χ3v) is 2.22. The SMILES string of the molecule is O=Cc1cc2ccc(C(F)(F)F)cc2oc1=O. The zero-order chi connectivity index (χ0) is 12.6. The first-order valence-electron chi connectivity index (χ1n) is 4.52. The van der Waals surface area contributed by atoms with Gasteiger partial charge in [-0.2, -0.15) is 13.2 Å². The van der Waals surface area contributed by atoms with E-state index in [0.717, 1.165) is 18.2 Å². The third kappa shape index (κ3) is 2.06. The van der Waals surface area contributed by atoms with Crippen molar-refractivity contribution in [3.63, 3.8) is 0 Å². The van der Waals surface area contributed by atoms with E-state index in [1.54, 1.807) is 0 Å². The van der Waals surface area contributed by atoms with E-state index < -0.39 is 17.4 Å². The number of carbonyl (C=O) groups is 1. The van der Waals surface area contributed by atoms with Crippen LogP contribution in [0.1, 0.15) is 15.9 Å². The molecule has 0 saturated carbocycles. The summed E-state index contributed by atoms with van der Waals surface area (Å²) in [5.74, 6) is 0. The lowest BCUT2D eigenvalue weighted by atomic mass is 10.1. The van der Waals surface area contributed by atoms with E-state index in [4.69, 9.17) is 0 Å². The molecular weight excluding hydrogens is 237 g/mol. The van der Waals surface area contributed by atoms with Crippen LogP contribution in [0.5, 0.6) is 0 Å². The molecule has 0 aliphatic carbocycles. The Morgan fingerprint density at radius 3 is 2.47 bits per heavy atom. The van der Waals surface area contributed by atoms with E-state index in [-0.39, 0.29) is 16.5 Å². The number of halogens is 3. The Kier molecular flexibility index (Phi) is 2.49. The van der Waals surface area contributed by atoms with Crippen molar-refractivity contribution in [1.29, 1.82) is 0 Å². The van der Waals surface area contributed by atoms with Gasteiger partial charge in [-0.25, -0.2) is 4.79 Å². The molecule has 1 aromatic heterocycles. The summed E-state index contributed by atoms with van der Waals surface area (Å²) < 4.78 is 41.8. The van der Waals surface area contributed by atoms with Gasteiger partial charge >= 0.3 is 11.8 Å². The molecule has 88 valence electrons. The molecule has 3 nitrogen and oxygen atoms in total. The van der Waals surface area contributed by atoms with Crippen LogP contribution in [0.15, 0.2) is 33.5 Å². The van der Waals surface area contributed by atoms with Crippen LogP contribution in [-0.4, -0.2) is 6.29 Å². The van der Waals surface area contributed by atoms with Gasteiger partial charge in [0.1, 0.15) is 11.1 Å². The van der Waals surface area contributed by atoms with Crippen molar-refractivity contribution in [1.82, 2.24) is 0 Å². The topological polar surface area (TPSA) is 47.3 Å². The molecule has 1 aromatic carbocycles. The van der Waals surface area contributed by atoms with E-state index in [0.29, 0.717) is 6.29 Å². The molecule has 0 bridgehead atoms. The predicted molar refractivity (Wildman–Crippen MR) is 52.9 cm³/mol. The Labute approximate surface area is 92.5 Å². The van der Waals surface area contributed by atoms with Gasteiger partial charge in [-0.1, -0.05) is 6.07 Å². The minimum absolute atomic E-state index is 0.199. The molecule has 0 saturated heterocycles. The Morgan fingerprint density at radius 2 is 1.88 bits per heavy atom. The Balaban J connectivity index is 2.72. The second-order valence-corrected chi connectivity index (χ2v) is 3.36. The van der Waals surface area contributed by atoms with Crippen LogP contribution in [0.2, 0.25) is 0 Å². The second kappa shape index (κ2) is 3.73. The summed E-state index contributed by atoms with van der Waals surface area (Å²) in [5.41, 5.74) is -2.29. The summed E-state index contributed by atoms with van der Waals surface area (Å²) in [6, 6.07) is 3.92. The summed E-state index contributed by atoms with van der Waals surface area (Å²) in [4.78, 5) is 21.6. The monoisotopic (exact) mass is 242 g/mol. The molecule has 6 heteroatoms. The van der Waals surface area contributed by atoms with Crippen LogP contribution in [0.25, 0.3) is 11.0 Å². The maximum absolute atomic E-state index is 12.4. The number of rotatable bonds is 1. The van der Waals surface area contributed by atoms with Gasteiger partial charge in [0.05, 0.1) is 5.56 Å². The van der Waals surface area contributed by atoms with Crippen molar-refractivity contribution >= 4 is 17.3 Å². The summed E-state index contributed by atoms with van der Waals surface area (Å²) in [6.45, 7) is 0. The number of aldehydes is 1. The molecule has 0 N–H and O–H groups in total. The fourth-order valence-corrected chi connectivity index (χ4v) is 1.39. The maximum Gasteiger partial charge on any atom is 0.416 e. The van der Waals surface area contributed by atoms with Gasteiger partial charge in [-0.15, -0.1) is 0 Å². The van der Waals surface area contributed by atoms with Gasteiger partial charge in [0.15, 0.2) is 6.29 Å². The van der Waals surface area contributed by atoms with E-state index in [1.165, 1.54) is 6.07 Å². The number of carbonyl (C=O) groups excluding carboxylic acids is 1. The third-order valence-electron chi connectivity index (χ3n) is 2.22. The van der Waals surface area contributed by atoms with E-state index in [2.05, 4.69) is 4.42 Å². The molecule has 0 aliphatic heterocycles. The molecule has 0 radical (unpaired) electrons. The molecule has 2 rings (SSSR count). The van der Waals surface area contributed by atoms with Gasteiger partial charge in [0.2, 0.25) is 0 Å². The molecule has 2 aromatic rings. The number of alkyl halides is 3. The highest BCUT2D eigenvalue weighted by atomic mass is 19.4. The summed E-state index contributed by atoms with van der Waals surface area (Å²) in [5, 5.41) is 0.264. The van der Waals surface area contributed by atoms with Crippen molar-refractivity contribution in [2.45, 2.75) is 6.18 Å². The molecule has 0 unspecified atom stereocenters. The first kappa shape index (κ1) is 11.4. The zero-order valence-corrected chi connectivity index (χ0v) is 8.25. The second-order valence-electron chi connectivity index (χ2n) is 3.36. The lowest BCUT2D eigenvalue weighted by molar-refractivity contribution is -0.137. The molecule has 17 heavy (non-hydrogen) atoms. The van der Waals surface area contributed by atoms with Gasteiger partial charge in [0, 0.05) is 5.39 Å². The van der Waals surface area contributed by atoms with Gasteiger partial charge in [0.25, 0.3) is 0 Å². The smallest absolute Gasteiger partial charge is 0.416 e. The number of benzene rings is 1.